The van der Waals surface area contributed by atoms with E-state index < -0.39 is 6.10 Å². The summed E-state index contributed by atoms with van der Waals surface area (Å²) in [4.78, 5) is 23.8. The molecule has 0 aliphatic carbocycles. The summed E-state index contributed by atoms with van der Waals surface area (Å²) in [5.74, 6) is -0.164. The number of hydrogen-bond acceptors (Lipinski definition) is 5. The van der Waals surface area contributed by atoms with E-state index in [1.165, 1.54) is 10.9 Å². The summed E-state index contributed by atoms with van der Waals surface area (Å²) in [5, 5.41) is 20.1. The molecule has 0 bridgehead atoms. The maximum atomic E-state index is 12.1. The quantitative estimate of drug-likeness (QED) is 0.699. The van der Waals surface area contributed by atoms with Crippen LogP contribution in [0.25, 0.3) is 10.9 Å². The van der Waals surface area contributed by atoms with Crippen LogP contribution >= 0.6 is 12.4 Å². The second kappa shape index (κ2) is 7.54. The maximum absolute atomic E-state index is 12.1. The lowest BCUT2D eigenvalue weighted by atomic mass is 10.1. The number of para-hydroxylation sites is 1. The van der Waals surface area contributed by atoms with Gasteiger partial charge < -0.3 is 15.7 Å². The predicted octanol–water partition coefficient (Wildman–Crippen LogP) is -0.485. The van der Waals surface area contributed by atoms with Gasteiger partial charge in [-0.25, -0.2) is 0 Å². The second-order valence-corrected chi connectivity index (χ2v) is 5.47. The number of hydrogen-bond donors (Lipinski definition) is 3. The summed E-state index contributed by atoms with van der Waals surface area (Å²) < 4.78 is 1.51. The zero-order valence-electron chi connectivity index (χ0n) is 12.4. The van der Waals surface area contributed by atoms with E-state index in [-0.39, 0.29) is 36.2 Å². The van der Waals surface area contributed by atoms with Crippen molar-refractivity contribution in [2.75, 3.05) is 19.6 Å². The van der Waals surface area contributed by atoms with E-state index in [0.29, 0.717) is 30.5 Å². The minimum atomic E-state index is -0.424. The van der Waals surface area contributed by atoms with Crippen molar-refractivity contribution in [1.29, 1.82) is 0 Å². The lowest BCUT2D eigenvalue weighted by molar-refractivity contribution is -0.122. The van der Waals surface area contributed by atoms with Crippen LogP contribution in [0, 0.1) is 5.92 Å². The van der Waals surface area contributed by atoms with E-state index in [2.05, 4.69) is 15.7 Å². The lowest BCUT2D eigenvalue weighted by Gasteiger charge is -2.15. The van der Waals surface area contributed by atoms with E-state index in [9.17, 15) is 14.7 Å². The summed E-state index contributed by atoms with van der Waals surface area (Å²) in [7, 11) is 0. The number of rotatable bonds is 4. The fourth-order valence-electron chi connectivity index (χ4n) is 2.65. The Morgan fingerprint density at radius 3 is 2.91 bits per heavy atom. The van der Waals surface area contributed by atoms with Crippen molar-refractivity contribution >= 4 is 29.2 Å². The van der Waals surface area contributed by atoms with Crippen molar-refractivity contribution in [1.82, 2.24) is 20.4 Å². The smallest absolute Gasteiger partial charge is 0.241 e. The molecule has 2 aromatic rings. The van der Waals surface area contributed by atoms with Gasteiger partial charge in [-0.3, -0.25) is 14.3 Å². The average molecular weight is 339 g/mol. The summed E-state index contributed by atoms with van der Waals surface area (Å²) in [5.41, 5.74) is 0.472. The number of aliphatic hydroxyl groups is 1. The van der Waals surface area contributed by atoms with Gasteiger partial charge in [-0.2, -0.15) is 5.10 Å². The zero-order valence-corrected chi connectivity index (χ0v) is 13.3. The molecule has 2 heterocycles. The van der Waals surface area contributed by atoms with Crippen molar-refractivity contribution in [3.63, 3.8) is 0 Å². The average Bonchev–Trinajstić information content (AvgIpc) is 2.94. The Bertz CT molecular complexity index is 749. The van der Waals surface area contributed by atoms with Crippen LogP contribution in [-0.2, 0) is 11.3 Å². The third-order valence-electron chi connectivity index (χ3n) is 3.92. The molecule has 1 aromatic heterocycles. The Balaban J connectivity index is 0.00000192. The third kappa shape index (κ3) is 3.87. The molecule has 1 fully saturated rings. The van der Waals surface area contributed by atoms with Crippen molar-refractivity contribution in [2.45, 2.75) is 12.6 Å². The van der Waals surface area contributed by atoms with Gasteiger partial charge in [-0.1, -0.05) is 12.1 Å². The van der Waals surface area contributed by atoms with Crippen LogP contribution in [0.4, 0.5) is 0 Å². The second-order valence-electron chi connectivity index (χ2n) is 5.47. The number of aromatic nitrogens is 2. The molecular weight excluding hydrogens is 320 g/mol. The van der Waals surface area contributed by atoms with E-state index in [4.69, 9.17) is 0 Å². The molecule has 0 saturated carbocycles. The molecule has 2 atom stereocenters. The number of carbonyl (C=O) groups excluding carboxylic acids is 1. The summed E-state index contributed by atoms with van der Waals surface area (Å²) in [6.07, 6.45) is 0.798. The Morgan fingerprint density at radius 2 is 2.17 bits per heavy atom. The van der Waals surface area contributed by atoms with Crippen LogP contribution < -0.4 is 16.1 Å². The highest BCUT2D eigenvalue weighted by Crippen LogP contribution is 2.08. The molecule has 0 radical (unpaired) electrons. The first kappa shape index (κ1) is 17.4. The number of benzene rings is 1. The molecule has 1 amide bonds. The van der Waals surface area contributed by atoms with Crippen molar-refractivity contribution in [3.05, 3.63) is 40.7 Å². The normalized spacial score (nSPS) is 20.2. The highest BCUT2D eigenvalue weighted by atomic mass is 35.5. The topological polar surface area (TPSA) is 96.2 Å². The Labute approximate surface area is 139 Å². The number of carbonyl (C=O) groups is 1. The van der Waals surface area contributed by atoms with Gasteiger partial charge in [-0.05, 0) is 12.1 Å². The maximum Gasteiger partial charge on any atom is 0.241 e. The first-order valence-corrected chi connectivity index (χ1v) is 7.25. The van der Waals surface area contributed by atoms with Gasteiger partial charge in [0.05, 0.1) is 17.8 Å². The number of nitrogens with one attached hydrogen (secondary N) is 2. The first-order chi connectivity index (χ1) is 10.6. The molecule has 1 aliphatic rings. The fraction of sp³-hybridized carbons (Fsp3) is 0.400. The molecule has 124 valence electrons. The van der Waals surface area contributed by atoms with E-state index in [0.717, 1.165) is 0 Å². The molecule has 3 rings (SSSR count). The van der Waals surface area contributed by atoms with Gasteiger partial charge in [0, 0.05) is 30.9 Å². The first-order valence-electron chi connectivity index (χ1n) is 7.25. The van der Waals surface area contributed by atoms with Crippen LogP contribution in [-0.4, -0.2) is 46.5 Å². The molecule has 7 nitrogen and oxygen atoms in total. The highest BCUT2D eigenvalue weighted by molar-refractivity contribution is 5.85. The summed E-state index contributed by atoms with van der Waals surface area (Å²) >= 11 is 0. The number of halogens is 1. The molecule has 23 heavy (non-hydrogen) atoms. The molecule has 2 unspecified atom stereocenters. The van der Waals surface area contributed by atoms with Crippen LogP contribution in [0.1, 0.15) is 0 Å². The van der Waals surface area contributed by atoms with Crippen molar-refractivity contribution < 1.29 is 9.90 Å². The highest BCUT2D eigenvalue weighted by Gasteiger charge is 2.25. The van der Waals surface area contributed by atoms with Gasteiger partial charge >= 0.3 is 0 Å². The number of fused-ring (bicyclic) bond motifs is 1. The van der Waals surface area contributed by atoms with Crippen LogP contribution in [0.3, 0.4) is 0 Å². The van der Waals surface area contributed by atoms with E-state index in [1.807, 2.05) is 0 Å². The minimum Gasteiger partial charge on any atom is -0.391 e. The Morgan fingerprint density at radius 1 is 1.39 bits per heavy atom. The van der Waals surface area contributed by atoms with Gasteiger partial charge in [0.1, 0.15) is 6.54 Å². The number of nitrogens with zero attached hydrogens (tertiary/aromatic N) is 2. The van der Waals surface area contributed by atoms with E-state index in [1.54, 1.807) is 24.3 Å². The van der Waals surface area contributed by atoms with Crippen LogP contribution in [0.15, 0.2) is 35.3 Å². The number of amides is 1. The van der Waals surface area contributed by atoms with E-state index >= 15 is 0 Å². The SMILES string of the molecule is Cl.O=C(Cn1ncc(=O)c2ccccc21)NCC1CNCC1O. The predicted molar refractivity (Wildman–Crippen MR) is 88.6 cm³/mol. The molecule has 1 aliphatic heterocycles. The monoisotopic (exact) mass is 338 g/mol. The standard InChI is InChI=1S/C15H18N4O3.ClH/c20-13-7-16-5-10(13)6-17-15(22)9-19-12-4-2-1-3-11(12)14(21)8-18-19;/h1-4,8,10,13,16,20H,5-7,9H2,(H,17,22);1H. The van der Waals surface area contributed by atoms with Crippen LogP contribution in [0.2, 0.25) is 0 Å². The van der Waals surface area contributed by atoms with Crippen LogP contribution in [0.5, 0.6) is 0 Å². The Hall–Kier alpha value is -1.96. The molecule has 1 saturated heterocycles. The largest absolute Gasteiger partial charge is 0.391 e. The zero-order chi connectivity index (χ0) is 15.5. The number of aliphatic hydroxyl groups excluding tert-OH is 1. The molecule has 0 spiro atoms. The van der Waals surface area contributed by atoms with Gasteiger partial charge in [0.15, 0.2) is 0 Å². The Kier molecular flexibility index (Phi) is 5.70. The summed E-state index contributed by atoms with van der Waals surface area (Å²) in [6, 6.07) is 7.07. The molecule has 8 heteroatoms. The van der Waals surface area contributed by atoms with Crippen molar-refractivity contribution in [2.24, 2.45) is 5.92 Å². The fourth-order valence-corrected chi connectivity index (χ4v) is 2.65. The molecule has 3 N–H and O–H groups in total. The van der Waals surface area contributed by atoms with Crippen molar-refractivity contribution in [3.8, 4) is 0 Å². The molecular formula is C15H19ClN4O3. The summed E-state index contributed by atoms with van der Waals surface area (Å²) in [6.45, 7) is 1.72. The van der Waals surface area contributed by atoms with Gasteiger partial charge in [-0.15, -0.1) is 12.4 Å². The third-order valence-corrected chi connectivity index (χ3v) is 3.92. The molecule has 1 aromatic carbocycles. The van der Waals surface area contributed by atoms with Gasteiger partial charge in [0.25, 0.3) is 0 Å². The number of β-amino-alcohol motifs (C(OH)–C–C–N with tert-alkyl or cyclic N) is 1. The minimum absolute atomic E-state index is 0. The van der Waals surface area contributed by atoms with Gasteiger partial charge in [0.2, 0.25) is 11.3 Å². The lowest BCUT2D eigenvalue weighted by Crippen LogP contribution is -2.36.